The van der Waals surface area contributed by atoms with Gasteiger partial charge < -0.3 is 15.5 Å². The first-order valence-electron chi connectivity index (χ1n) is 4.26. The van der Waals surface area contributed by atoms with Crippen LogP contribution in [0.15, 0.2) is 16.5 Å². The monoisotopic (exact) mass is 179 g/mol. The Morgan fingerprint density at radius 3 is 3.00 bits per heavy atom. The van der Waals surface area contributed by atoms with Crippen LogP contribution in [-0.4, -0.2) is 13.1 Å². The van der Waals surface area contributed by atoms with Crippen LogP contribution >= 0.6 is 0 Å². The van der Waals surface area contributed by atoms with Gasteiger partial charge in [0, 0.05) is 0 Å². The summed E-state index contributed by atoms with van der Waals surface area (Å²) in [4.78, 5) is 0. The van der Waals surface area contributed by atoms with E-state index in [4.69, 9.17) is 15.4 Å². The van der Waals surface area contributed by atoms with Crippen LogP contribution in [-0.2, 0) is 6.54 Å². The van der Waals surface area contributed by atoms with Crippen molar-refractivity contribution in [2.75, 3.05) is 13.1 Å². The zero-order valence-corrected chi connectivity index (χ0v) is 7.42. The molecule has 4 heteroatoms. The van der Waals surface area contributed by atoms with Crippen LogP contribution in [0.1, 0.15) is 17.9 Å². The molecule has 0 bridgehead atoms. The lowest BCUT2D eigenvalue weighted by Crippen LogP contribution is -2.17. The largest absolute Gasteiger partial charge is 0.449 e. The molecule has 0 saturated carbocycles. The van der Waals surface area contributed by atoms with Crippen molar-refractivity contribution < 1.29 is 4.42 Å². The van der Waals surface area contributed by atoms with Crippen LogP contribution in [0.4, 0.5) is 0 Å². The molecule has 4 nitrogen and oxygen atoms in total. The average molecular weight is 179 g/mol. The molecule has 1 rings (SSSR count). The number of nitrogens with two attached hydrogens (primary N) is 1. The van der Waals surface area contributed by atoms with E-state index in [2.05, 4.69) is 5.32 Å². The number of furan rings is 1. The maximum atomic E-state index is 8.48. The smallest absolute Gasteiger partial charge is 0.203 e. The van der Waals surface area contributed by atoms with Crippen molar-refractivity contribution in [3.05, 3.63) is 23.7 Å². The second-order valence-electron chi connectivity index (χ2n) is 2.70. The summed E-state index contributed by atoms with van der Waals surface area (Å²) >= 11 is 0. The SMILES string of the molecule is N#Cc1ccc(CNCCCN)o1. The minimum Gasteiger partial charge on any atom is -0.449 e. The molecule has 1 aromatic heterocycles. The highest BCUT2D eigenvalue weighted by Crippen LogP contribution is 2.05. The number of hydrogen-bond donors (Lipinski definition) is 2. The van der Waals surface area contributed by atoms with Gasteiger partial charge in [0.15, 0.2) is 0 Å². The Balaban J connectivity index is 2.25. The minimum absolute atomic E-state index is 0.357. The minimum atomic E-state index is 0.357. The second-order valence-corrected chi connectivity index (χ2v) is 2.70. The van der Waals surface area contributed by atoms with E-state index in [0.29, 0.717) is 18.8 Å². The van der Waals surface area contributed by atoms with E-state index in [0.717, 1.165) is 18.7 Å². The molecule has 0 radical (unpaired) electrons. The van der Waals surface area contributed by atoms with Gasteiger partial charge in [0.1, 0.15) is 11.8 Å². The molecular weight excluding hydrogens is 166 g/mol. The molecule has 0 aliphatic heterocycles. The van der Waals surface area contributed by atoms with Gasteiger partial charge in [-0.15, -0.1) is 0 Å². The van der Waals surface area contributed by atoms with Crippen LogP contribution < -0.4 is 11.1 Å². The van der Waals surface area contributed by atoms with Crippen molar-refractivity contribution in [2.24, 2.45) is 5.73 Å². The molecule has 70 valence electrons. The zero-order valence-electron chi connectivity index (χ0n) is 7.42. The standard InChI is InChI=1S/C9H13N3O/c10-4-1-5-12-7-9-3-2-8(6-11)13-9/h2-3,12H,1,4-5,7,10H2. The van der Waals surface area contributed by atoms with E-state index in [1.807, 2.05) is 6.07 Å². The number of nitriles is 1. The molecule has 0 saturated heterocycles. The molecule has 1 heterocycles. The fraction of sp³-hybridized carbons (Fsp3) is 0.444. The molecule has 0 unspecified atom stereocenters. The van der Waals surface area contributed by atoms with Gasteiger partial charge in [-0.1, -0.05) is 0 Å². The van der Waals surface area contributed by atoms with Crippen molar-refractivity contribution in [3.63, 3.8) is 0 Å². The Labute approximate surface area is 77.3 Å². The van der Waals surface area contributed by atoms with E-state index in [-0.39, 0.29) is 0 Å². The van der Waals surface area contributed by atoms with E-state index in [1.54, 1.807) is 12.1 Å². The van der Waals surface area contributed by atoms with Gasteiger partial charge >= 0.3 is 0 Å². The molecule has 0 spiro atoms. The summed E-state index contributed by atoms with van der Waals surface area (Å²) in [5.74, 6) is 1.14. The molecule has 3 N–H and O–H groups in total. The van der Waals surface area contributed by atoms with Crippen molar-refractivity contribution in [3.8, 4) is 6.07 Å². The Morgan fingerprint density at radius 2 is 2.38 bits per heavy atom. The quantitative estimate of drug-likeness (QED) is 0.649. The van der Waals surface area contributed by atoms with Crippen LogP contribution in [0.5, 0.6) is 0 Å². The molecule has 0 amide bonds. The van der Waals surface area contributed by atoms with Gasteiger partial charge in [-0.05, 0) is 31.6 Å². The summed E-state index contributed by atoms with van der Waals surface area (Å²) < 4.78 is 5.16. The van der Waals surface area contributed by atoms with Crippen molar-refractivity contribution in [1.82, 2.24) is 5.32 Å². The van der Waals surface area contributed by atoms with Gasteiger partial charge in [-0.2, -0.15) is 5.26 Å². The highest BCUT2D eigenvalue weighted by Gasteiger charge is 1.99. The molecule has 0 fully saturated rings. The molecule has 1 aromatic rings. The van der Waals surface area contributed by atoms with E-state index < -0.39 is 0 Å². The van der Waals surface area contributed by atoms with Crippen molar-refractivity contribution in [1.29, 1.82) is 5.26 Å². The van der Waals surface area contributed by atoms with Gasteiger partial charge in [-0.3, -0.25) is 0 Å². The van der Waals surface area contributed by atoms with E-state index in [9.17, 15) is 0 Å². The van der Waals surface area contributed by atoms with Crippen molar-refractivity contribution in [2.45, 2.75) is 13.0 Å². The first-order chi connectivity index (χ1) is 6.36. The Morgan fingerprint density at radius 1 is 1.54 bits per heavy atom. The highest BCUT2D eigenvalue weighted by atomic mass is 16.3. The van der Waals surface area contributed by atoms with E-state index in [1.165, 1.54) is 0 Å². The molecule has 0 aliphatic carbocycles. The fourth-order valence-electron chi connectivity index (χ4n) is 0.972. The first-order valence-corrected chi connectivity index (χ1v) is 4.26. The molecule has 0 atom stereocenters. The first kappa shape index (κ1) is 9.78. The van der Waals surface area contributed by atoms with Gasteiger partial charge in [0.2, 0.25) is 5.76 Å². The summed E-state index contributed by atoms with van der Waals surface area (Å²) in [6.45, 7) is 2.22. The lowest BCUT2D eigenvalue weighted by atomic mass is 10.4. The van der Waals surface area contributed by atoms with Crippen LogP contribution in [0, 0.1) is 11.3 Å². The lowest BCUT2D eigenvalue weighted by molar-refractivity contribution is 0.473. The molecule has 13 heavy (non-hydrogen) atoms. The maximum Gasteiger partial charge on any atom is 0.203 e. The Hall–Kier alpha value is -1.31. The number of rotatable bonds is 5. The van der Waals surface area contributed by atoms with Crippen LogP contribution in [0.25, 0.3) is 0 Å². The summed E-state index contributed by atoms with van der Waals surface area (Å²) in [5.41, 5.74) is 5.33. The third kappa shape index (κ3) is 3.28. The molecule has 0 aromatic carbocycles. The maximum absolute atomic E-state index is 8.48. The second kappa shape index (κ2) is 5.36. The fourth-order valence-corrected chi connectivity index (χ4v) is 0.972. The summed E-state index contributed by atoms with van der Waals surface area (Å²) in [5, 5.41) is 11.6. The lowest BCUT2D eigenvalue weighted by Gasteiger charge is -1.99. The van der Waals surface area contributed by atoms with E-state index >= 15 is 0 Å². The third-order valence-corrected chi connectivity index (χ3v) is 1.63. The topological polar surface area (TPSA) is 75.0 Å². The summed E-state index contributed by atoms with van der Waals surface area (Å²) in [6, 6.07) is 5.40. The Kier molecular flexibility index (Phi) is 4.03. The zero-order chi connectivity index (χ0) is 9.52. The predicted molar refractivity (Wildman–Crippen MR) is 48.8 cm³/mol. The van der Waals surface area contributed by atoms with Crippen LogP contribution in [0.3, 0.4) is 0 Å². The Bertz CT molecular complexity index is 287. The van der Waals surface area contributed by atoms with Crippen LogP contribution in [0.2, 0.25) is 0 Å². The van der Waals surface area contributed by atoms with Gasteiger partial charge in [-0.25, -0.2) is 0 Å². The number of nitrogens with one attached hydrogen (secondary N) is 1. The number of hydrogen-bond acceptors (Lipinski definition) is 4. The van der Waals surface area contributed by atoms with Gasteiger partial charge in [0.05, 0.1) is 6.54 Å². The average Bonchev–Trinajstić information content (AvgIpc) is 2.60. The molecule has 0 aliphatic rings. The van der Waals surface area contributed by atoms with Gasteiger partial charge in [0.25, 0.3) is 0 Å². The summed E-state index contributed by atoms with van der Waals surface area (Å²) in [6.07, 6.45) is 0.950. The summed E-state index contributed by atoms with van der Waals surface area (Å²) in [7, 11) is 0. The predicted octanol–water partition coefficient (Wildman–Crippen LogP) is 0.590. The third-order valence-electron chi connectivity index (χ3n) is 1.63. The normalized spacial score (nSPS) is 9.85. The molecular formula is C9H13N3O. The number of nitrogens with zero attached hydrogens (tertiary/aromatic N) is 1. The van der Waals surface area contributed by atoms with Crippen molar-refractivity contribution >= 4 is 0 Å². The highest BCUT2D eigenvalue weighted by molar-refractivity contribution is 5.18.